The van der Waals surface area contributed by atoms with Gasteiger partial charge in [-0.05, 0) is 67.7 Å². The van der Waals surface area contributed by atoms with E-state index in [1.807, 2.05) is 56.6 Å². The average Bonchev–Trinajstić information content (AvgIpc) is 3.26. The molecule has 0 aromatic heterocycles. The van der Waals surface area contributed by atoms with Crippen LogP contribution >= 0.6 is 0 Å². The number of sulfonamides is 1. The number of hydrogen-bond donors (Lipinski definition) is 2. The van der Waals surface area contributed by atoms with E-state index in [0.717, 1.165) is 23.4 Å². The van der Waals surface area contributed by atoms with Gasteiger partial charge in [-0.15, -0.1) is 0 Å². The van der Waals surface area contributed by atoms with Crippen LogP contribution in [0.25, 0.3) is 11.3 Å². The lowest BCUT2D eigenvalue weighted by Gasteiger charge is -2.21. The lowest BCUT2D eigenvalue weighted by Crippen LogP contribution is -2.26. The third-order valence-corrected chi connectivity index (χ3v) is 8.32. The van der Waals surface area contributed by atoms with Gasteiger partial charge >= 0.3 is 0 Å². The van der Waals surface area contributed by atoms with Crippen molar-refractivity contribution in [2.75, 3.05) is 36.1 Å². The first-order valence-corrected chi connectivity index (χ1v) is 14.0. The maximum atomic E-state index is 13.4. The molecule has 0 saturated heterocycles. The maximum absolute atomic E-state index is 13.4. The third kappa shape index (κ3) is 5.43. The van der Waals surface area contributed by atoms with Crippen LogP contribution < -0.4 is 14.9 Å². The Morgan fingerprint density at radius 3 is 2.21 bits per heavy atom. The van der Waals surface area contributed by atoms with Crippen LogP contribution in [0.5, 0.6) is 0 Å². The molecule has 1 amide bonds. The summed E-state index contributed by atoms with van der Waals surface area (Å²) in [6.45, 7) is 0.779. The predicted molar refractivity (Wildman–Crippen MR) is 158 cm³/mol. The molecule has 7 nitrogen and oxygen atoms in total. The van der Waals surface area contributed by atoms with Gasteiger partial charge in [0.2, 0.25) is 0 Å². The highest BCUT2D eigenvalue weighted by atomic mass is 32.2. The van der Waals surface area contributed by atoms with Crippen LogP contribution in [0.3, 0.4) is 0 Å². The van der Waals surface area contributed by atoms with Crippen molar-refractivity contribution in [1.82, 2.24) is 4.90 Å². The molecule has 0 saturated carbocycles. The van der Waals surface area contributed by atoms with E-state index in [1.165, 1.54) is 11.4 Å². The molecule has 0 fully saturated rings. The number of carbonyl (C=O) groups excluding carboxylic acids is 1. The largest absolute Gasteiger partial charge is 0.354 e. The minimum Gasteiger partial charge on any atom is -0.354 e. The van der Waals surface area contributed by atoms with Crippen molar-refractivity contribution in [1.29, 1.82) is 0 Å². The molecule has 0 radical (unpaired) electrons. The fraction of sp³-hybridized carbons (Fsp3) is 0.129. The van der Waals surface area contributed by atoms with Crippen LogP contribution in [0.2, 0.25) is 0 Å². The molecule has 0 unspecified atom stereocenters. The second-order valence-corrected chi connectivity index (χ2v) is 11.6. The van der Waals surface area contributed by atoms with Gasteiger partial charge in [0, 0.05) is 30.5 Å². The Balaban J connectivity index is 1.61. The summed E-state index contributed by atoms with van der Waals surface area (Å²) in [6.07, 6.45) is 0. The number of carbonyl (C=O) groups is 1. The number of anilines is 3. The van der Waals surface area contributed by atoms with Crippen LogP contribution in [0, 0.1) is 0 Å². The SMILES string of the molecule is CN(C)Cc1cccc(NC(=C2C(=O)Nc3ccc(N(C)S(=O)(=O)c4ccccc4)cc32)c2ccccc2)c1. The van der Waals surface area contributed by atoms with E-state index in [2.05, 4.69) is 27.7 Å². The van der Waals surface area contributed by atoms with Gasteiger partial charge in [-0.3, -0.25) is 9.10 Å². The van der Waals surface area contributed by atoms with Crippen molar-refractivity contribution in [2.24, 2.45) is 0 Å². The van der Waals surface area contributed by atoms with E-state index < -0.39 is 10.0 Å². The Labute approximate surface area is 229 Å². The van der Waals surface area contributed by atoms with Gasteiger partial charge in [0.1, 0.15) is 0 Å². The molecule has 1 heterocycles. The Morgan fingerprint density at radius 2 is 1.51 bits per heavy atom. The summed E-state index contributed by atoms with van der Waals surface area (Å²) in [4.78, 5) is 15.7. The zero-order chi connectivity index (χ0) is 27.6. The molecule has 4 aromatic carbocycles. The zero-order valence-corrected chi connectivity index (χ0v) is 22.9. The Hall–Kier alpha value is -4.40. The van der Waals surface area contributed by atoms with Crippen molar-refractivity contribution in [3.05, 3.63) is 120 Å². The Morgan fingerprint density at radius 1 is 0.821 bits per heavy atom. The highest BCUT2D eigenvalue weighted by Gasteiger charge is 2.30. The summed E-state index contributed by atoms with van der Waals surface area (Å²) in [5.41, 5.74) is 5.61. The lowest BCUT2D eigenvalue weighted by atomic mass is 9.99. The lowest BCUT2D eigenvalue weighted by molar-refractivity contribution is -0.110. The number of nitrogens with zero attached hydrogens (tertiary/aromatic N) is 2. The molecular formula is C31H30N4O3S. The molecule has 4 aromatic rings. The van der Waals surface area contributed by atoms with Crippen molar-refractivity contribution in [3.8, 4) is 0 Å². The molecule has 2 N–H and O–H groups in total. The summed E-state index contributed by atoms with van der Waals surface area (Å²) in [6, 6.07) is 31.2. The highest BCUT2D eigenvalue weighted by Crippen LogP contribution is 2.40. The summed E-state index contributed by atoms with van der Waals surface area (Å²) in [5, 5.41) is 6.44. The van der Waals surface area contributed by atoms with Gasteiger partial charge in [-0.2, -0.15) is 0 Å². The predicted octanol–water partition coefficient (Wildman–Crippen LogP) is 5.51. The van der Waals surface area contributed by atoms with Crippen LogP contribution in [-0.4, -0.2) is 40.4 Å². The maximum Gasteiger partial charge on any atom is 0.264 e. The minimum atomic E-state index is -3.78. The van der Waals surface area contributed by atoms with Crippen molar-refractivity contribution >= 4 is 44.3 Å². The molecule has 1 aliphatic rings. The van der Waals surface area contributed by atoms with Crippen molar-refractivity contribution in [2.45, 2.75) is 11.4 Å². The number of benzene rings is 4. The normalized spacial score (nSPS) is 14.1. The second-order valence-electron chi connectivity index (χ2n) is 9.65. The Kier molecular flexibility index (Phi) is 7.24. The number of hydrogen-bond acceptors (Lipinski definition) is 5. The van der Waals surface area contributed by atoms with Gasteiger partial charge in [0.25, 0.3) is 15.9 Å². The third-order valence-electron chi connectivity index (χ3n) is 6.52. The van der Waals surface area contributed by atoms with Crippen LogP contribution in [0.4, 0.5) is 17.1 Å². The molecule has 39 heavy (non-hydrogen) atoms. The van der Waals surface area contributed by atoms with E-state index in [-0.39, 0.29) is 10.8 Å². The van der Waals surface area contributed by atoms with Gasteiger partial charge in [-0.1, -0.05) is 60.7 Å². The summed E-state index contributed by atoms with van der Waals surface area (Å²) >= 11 is 0. The summed E-state index contributed by atoms with van der Waals surface area (Å²) in [5.74, 6) is -0.258. The van der Waals surface area contributed by atoms with Gasteiger partial charge in [0.05, 0.1) is 21.9 Å². The van der Waals surface area contributed by atoms with E-state index in [0.29, 0.717) is 28.2 Å². The molecule has 198 valence electrons. The molecule has 1 aliphatic heterocycles. The monoisotopic (exact) mass is 538 g/mol. The fourth-order valence-electron chi connectivity index (χ4n) is 4.63. The highest BCUT2D eigenvalue weighted by molar-refractivity contribution is 7.92. The number of rotatable bonds is 8. The van der Waals surface area contributed by atoms with E-state index in [1.54, 1.807) is 48.5 Å². The first-order chi connectivity index (χ1) is 18.7. The van der Waals surface area contributed by atoms with Gasteiger partial charge < -0.3 is 15.5 Å². The zero-order valence-electron chi connectivity index (χ0n) is 22.0. The molecule has 0 atom stereocenters. The van der Waals surface area contributed by atoms with E-state index in [9.17, 15) is 13.2 Å². The molecule has 0 spiro atoms. The minimum absolute atomic E-state index is 0.196. The van der Waals surface area contributed by atoms with Crippen molar-refractivity contribution < 1.29 is 13.2 Å². The molecule has 5 rings (SSSR count). The van der Waals surface area contributed by atoms with Crippen LogP contribution in [0.1, 0.15) is 16.7 Å². The van der Waals surface area contributed by atoms with Crippen LogP contribution in [-0.2, 0) is 21.4 Å². The van der Waals surface area contributed by atoms with Gasteiger partial charge in [-0.25, -0.2) is 8.42 Å². The molecule has 0 bridgehead atoms. The van der Waals surface area contributed by atoms with Crippen LogP contribution in [0.15, 0.2) is 108 Å². The molecule has 8 heteroatoms. The first kappa shape index (κ1) is 26.2. The topological polar surface area (TPSA) is 81.8 Å². The summed E-state index contributed by atoms with van der Waals surface area (Å²) in [7, 11) is 1.77. The smallest absolute Gasteiger partial charge is 0.264 e. The fourth-order valence-corrected chi connectivity index (χ4v) is 5.84. The standard InChI is InChI=1S/C31H30N4O3S/c1-34(2)21-22-11-10-14-24(19-22)32-30(23-12-6-4-7-13-23)29-27-20-25(17-18-28(27)33-31(29)36)35(3)39(37,38)26-15-8-5-9-16-26/h4-20,32H,21H2,1-3H3,(H,33,36). The molecule has 0 aliphatic carbocycles. The number of amides is 1. The number of nitrogens with one attached hydrogen (secondary N) is 2. The average molecular weight is 539 g/mol. The molecular weight excluding hydrogens is 508 g/mol. The second kappa shape index (κ2) is 10.8. The van der Waals surface area contributed by atoms with Gasteiger partial charge in [0.15, 0.2) is 0 Å². The Bertz CT molecular complexity index is 1650. The van der Waals surface area contributed by atoms with E-state index >= 15 is 0 Å². The van der Waals surface area contributed by atoms with Crippen molar-refractivity contribution in [3.63, 3.8) is 0 Å². The van der Waals surface area contributed by atoms with E-state index in [4.69, 9.17) is 0 Å². The quantitative estimate of drug-likeness (QED) is 0.289. The summed E-state index contributed by atoms with van der Waals surface area (Å²) < 4.78 is 27.8. The first-order valence-electron chi connectivity index (χ1n) is 12.5. The number of fused-ring (bicyclic) bond motifs is 1.